The lowest BCUT2D eigenvalue weighted by atomic mass is 10.1. The minimum atomic E-state index is -0.948. The molecule has 1 fully saturated rings. The molecule has 4 rings (SSSR count). The number of carbonyl (C=O) groups excluding carboxylic acids is 2. The molecule has 2 aromatic rings. The van der Waals surface area contributed by atoms with Gasteiger partial charge >= 0.3 is 0 Å². The lowest BCUT2D eigenvalue weighted by Gasteiger charge is -2.20. The zero-order valence-electron chi connectivity index (χ0n) is 13.1. The van der Waals surface area contributed by atoms with Gasteiger partial charge in [0.15, 0.2) is 12.1 Å². The number of aryl methyl sites for hydroxylation is 1. The van der Waals surface area contributed by atoms with Gasteiger partial charge in [-0.15, -0.1) is 0 Å². The Morgan fingerprint density at radius 3 is 2.60 bits per heavy atom. The molecule has 126 valence electrons. The number of hydrogen-bond donors (Lipinski definition) is 0. The molecule has 6 nitrogen and oxygen atoms in total. The van der Waals surface area contributed by atoms with Gasteiger partial charge in [0.2, 0.25) is 0 Å². The van der Waals surface area contributed by atoms with Crippen molar-refractivity contribution in [3.05, 3.63) is 58.9 Å². The van der Waals surface area contributed by atoms with E-state index < -0.39 is 29.7 Å². The molecule has 2 aliphatic rings. The zero-order chi connectivity index (χ0) is 17.7. The minimum absolute atomic E-state index is 0.189. The van der Waals surface area contributed by atoms with Crippen molar-refractivity contribution < 1.29 is 14.0 Å². The molecule has 0 unspecified atom stereocenters. The summed E-state index contributed by atoms with van der Waals surface area (Å²) in [5.74, 6) is -1.50. The number of imide groups is 1. The summed E-state index contributed by atoms with van der Waals surface area (Å²) in [4.78, 5) is 26.4. The Morgan fingerprint density at radius 1 is 1.08 bits per heavy atom. The van der Waals surface area contributed by atoms with Gasteiger partial charge in [-0.25, -0.2) is 14.3 Å². The second kappa shape index (κ2) is 5.63. The second-order valence-electron chi connectivity index (χ2n) is 5.86. The van der Waals surface area contributed by atoms with Crippen molar-refractivity contribution in [2.75, 3.05) is 9.91 Å². The molecule has 0 aromatic heterocycles. The van der Waals surface area contributed by atoms with Gasteiger partial charge in [-0.05, 0) is 42.8 Å². The highest BCUT2D eigenvalue weighted by atomic mass is 35.5. The van der Waals surface area contributed by atoms with Crippen LogP contribution in [0.3, 0.4) is 0 Å². The smallest absolute Gasteiger partial charge is 0.263 e. The van der Waals surface area contributed by atoms with E-state index in [-0.39, 0.29) is 5.69 Å². The van der Waals surface area contributed by atoms with Gasteiger partial charge in [0, 0.05) is 5.02 Å². The monoisotopic (exact) mass is 358 g/mol. The molecule has 25 heavy (non-hydrogen) atoms. The summed E-state index contributed by atoms with van der Waals surface area (Å²) in [5.41, 5.74) is 1.18. The number of nitrogens with zero attached hydrogens (tertiary/aromatic N) is 4. The molecule has 2 aromatic carbocycles. The highest BCUT2D eigenvalue weighted by Crippen LogP contribution is 2.35. The van der Waals surface area contributed by atoms with Gasteiger partial charge in [0.05, 0.1) is 11.4 Å². The lowest BCUT2D eigenvalue weighted by molar-refractivity contribution is -0.121. The summed E-state index contributed by atoms with van der Waals surface area (Å²) in [5, 5.41) is 9.74. The van der Waals surface area contributed by atoms with E-state index in [1.54, 1.807) is 31.2 Å². The van der Waals surface area contributed by atoms with E-state index in [2.05, 4.69) is 10.3 Å². The predicted octanol–water partition coefficient (Wildman–Crippen LogP) is 3.29. The Bertz CT molecular complexity index is 933. The standard InChI is InChI=1S/C17H12ClFN4O2/c1-9-5-6-11(8-13(9)19)22-16(24)14-15(17(22)25)23(21-20-14)12-4-2-3-10(18)7-12/h2-8,14-15H,1H3/t14-,15+/m0/s1. The Labute approximate surface area is 147 Å². The van der Waals surface area contributed by atoms with Crippen molar-refractivity contribution in [2.45, 2.75) is 19.0 Å². The van der Waals surface area contributed by atoms with Gasteiger partial charge < -0.3 is 0 Å². The largest absolute Gasteiger partial charge is 0.271 e. The number of anilines is 2. The molecule has 0 radical (unpaired) electrons. The quantitative estimate of drug-likeness (QED) is 0.774. The molecule has 2 atom stereocenters. The van der Waals surface area contributed by atoms with E-state index in [1.807, 2.05) is 0 Å². The fourth-order valence-corrected chi connectivity index (χ4v) is 3.15. The van der Waals surface area contributed by atoms with Crippen LogP contribution in [0.2, 0.25) is 5.02 Å². The van der Waals surface area contributed by atoms with Crippen molar-refractivity contribution >= 4 is 34.8 Å². The average Bonchev–Trinajstić information content (AvgIpc) is 3.12. The fraction of sp³-hybridized carbons (Fsp3) is 0.176. The van der Waals surface area contributed by atoms with Crippen molar-refractivity contribution in [3.63, 3.8) is 0 Å². The van der Waals surface area contributed by atoms with E-state index in [1.165, 1.54) is 23.2 Å². The van der Waals surface area contributed by atoms with Crippen LogP contribution in [0.4, 0.5) is 15.8 Å². The zero-order valence-corrected chi connectivity index (χ0v) is 13.8. The molecule has 8 heteroatoms. The highest BCUT2D eigenvalue weighted by molar-refractivity contribution is 6.31. The molecule has 0 bridgehead atoms. The Balaban J connectivity index is 1.71. The van der Waals surface area contributed by atoms with E-state index >= 15 is 0 Å². The van der Waals surface area contributed by atoms with Crippen molar-refractivity contribution in [2.24, 2.45) is 10.3 Å². The van der Waals surface area contributed by atoms with Crippen LogP contribution in [0.25, 0.3) is 0 Å². The van der Waals surface area contributed by atoms with E-state index in [0.717, 1.165) is 4.90 Å². The summed E-state index contributed by atoms with van der Waals surface area (Å²) in [6.45, 7) is 1.61. The number of halogens is 2. The maximum absolute atomic E-state index is 13.8. The van der Waals surface area contributed by atoms with Gasteiger partial charge in [-0.2, -0.15) is 5.11 Å². The van der Waals surface area contributed by atoms with Gasteiger partial charge in [0.1, 0.15) is 5.82 Å². The summed E-state index contributed by atoms with van der Waals surface area (Å²) in [7, 11) is 0. The van der Waals surface area contributed by atoms with Crippen molar-refractivity contribution in [1.82, 2.24) is 0 Å². The molecule has 0 aliphatic carbocycles. The van der Waals surface area contributed by atoms with E-state index in [0.29, 0.717) is 16.3 Å². The first-order chi connectivity index (χ1) is 12.0. The number of benzene rings is 2. The number of rotatable bonds is 2. The molecule has 0 spiro atoms. The van der Waals surface area contributed by atoms with E-state index in [9.17, 15) is 14.0 Å². The number of hydrogen-bond acceptors (Lipinski definition) is 5. The van der Waals surface area contributed by atoms with Crippen LogP contribution in [0, 0.1) is 12.7 Å². The first-order valence-electron chi connectivity index (χ1n) is 7.57. The number of amides is 2. The minimum Gasteiger partial charge on any atom is -0.271 e. The van der Waals surface area contributed by atoms with Crippen LogP contribution in [0.15, 0.2) is 52.8 Å². The van der Waals surface area contributed by atoms with Crippen LogP contribution in [-0.4, -0.2) is 23.9 Å². The molecule has 1 saturated heterocycles. The number of carbonyl (C=O) groups is 2. The van der Waals surface area contributed by atoms with Crippen LogP contribution in [-0.2, 0) is 9.59 Å². The van der Waals surface area contributed by atoms with Crippen LogP contribution in [0.1, 0.15) is 5.56 Å². The van der Waals surface area contributed by atoms with Crippen LogP contribution >= 0.6 is 11.6 Å². The summed E-state index contributed by atoms with van der Waals surface area (Å²) in [6, 6.07) is 9.16. The second-order valence-corrected chi connectivity index (χ2v) is 6.30. The maximum Gasteiger partial charge on any atom is 0.263 e. The lowest BCUT2D eigenvalue weighted by Crippen LogP contribution is -2.39. The van der Waals surface area contributed by atoms with Crippen molar-refractivity contribution in [3.8, 4) is 0 Å². The predicted molar refractivity (Wildman–Crippen MR) is 90.0 cm³/mol. The topological polar surface area (TPSA) is 65.3 Å². The SMILES string of the molecule is Cc1ccc(N2C(=O)[C@H]3N=NN(c4cccc(Cl)c4)[C@H]3C2=O)cc1F. The summed E-state index contributed by atoms with van der Waals surface area (Å²) < 4.78 is 13.8. The van der Waals surface area contributed by atoms with Gasteiger partial charge in [0.25, 0.3) is 11.8 Å². The Kier molecular flexibility index (Phi) is 3.54. The molecular formula is C17H12ClFN4O2. The summed E-state index contributed by atoms with van der Waals surface area (Å²) >= 11 is 5.99. The number of fused-ring (bicyclic) bond motifs is 1. The molecule has 0 saturated carbocycles. The molecule has 2 aliphatic heterocycles. The fourth-order valence-electron chi connectivity index (χ4n) is 2.97. The average molecular weight is 359 g/mol. The van der Waals surface area contributed by atoms with Gasteiger partial charge in [-0.3, -0.25) is 9.59 Å². The Hall–Kier alpha value is -2.80. The summed E-state index contributed by atoms with van der Waals surface area (Å²) in [6.07, 6.45) is 0. The molecule has 2 amide bonds. The third-order valence-corrected chi connectivity index (χ3v) is 4.50. The van der Waals surface area contributed by atoms with Gasteiger partial charge in [-0.1, -0.05) is 29.0 Å². The molecular weight excluding hydrogens is 347 g/mol. The Morgan fingerprint density at radius 2 is 1.88 bits per heavy atom. The normalized spacial score (nSPS) is 22.0. The first-order valence-corrected chi connectivity index (χ1v) is 7.95. The molecule has 0 N–H and O–H groups in total. The third-order valence-electron chi connectivity index (χ3n) is 4.27. The van der Waals surface area contributed by atoms with Crippen LogP contribution < -0.4 is 9.91 Å². The van der Waals surface area contributed by atoms with Crippen LogP contribution in [0.5, 0.6) is 0 Å². The first kappa shape index (κ1) is 15.7. The highest BCUT2D eigenvalue weighted by Gasteiger charge is 2.55. The van der Waals surface area contributed by atoms with E-state index in [4.69, 9.17) is 11.6 Å². The maximum atomic E-state index is 13.8. The van der Waals surface area contributed by atoms with Crippen molar-refractivity contribution in [1.29, 1.82) is 0 Å². The third kappa shape index (κ3) is 2.39. The molecule has 2 heterocycles.